The smallest absolute Gasteiger partial charge is 0.268 e. The van der Waals surface area contributed by atoms with E-state index in [0.717, 1.165) is 64.2 Å². The first kappa shape index (κ1) is 42.7. The zero-order valence-corrected chi connectivity index (χ0v) is 29.7. The van der Waals surface area contributed by atoms with Crippen molar-refractivity contribution in [2.75, 3.05) is 40.9 Å². The van der Waals surface area contributed by atoms with Crippen molar-refractivity contribution in [3.8, 4) is 0 Å². The van der Waals surface area contributed by atoms with Gasteiger partial charge in [-0.15, -0.1) is 0 Å². The van der Waals surface area contributed by atoms with E-state index < -0.39 is 20.0 Å². The van der Waals surface area contributed by atoms with E-state index in [1.165, 1.54) is 44.9 Å². The molecule has 3 atom stereocenters. The van der Waals surface area contributed by atoms with E-state index in [2.05, 4.69) is 43.5 Å². The number of allylic oxidation sites excluding steroid dienone is 5. The average Bonchev–Trinajstić information content (AvgIpc) is 2.95. The molecule has 0 saturated carbocycles. The van der Waals surface area contributed by atoms with Gasteiger partial charge in [0.2, 0.25) is 5.91 Å². The summed E-state index contributed by atoms with van der Waals surface area (Å²) in [5.74, 6) is -0.219. The standard InChI is InChI=1S/C35H67N2O6P/c1-6-8-10-12-14-16-17-18-19-20-21-23-25-27-29-35(39)36-33(32-43-44(40,41)42-31-30-37(3,4)5)34(38)28-26-24-22-15-13-11-9-7-2/h12,14,17-18,26,28,33-34,38H,6-11,13,15-16,19-25,27,29-32H2,1-5H3,(H-,36,39,40,41)/b14-12-,18-17-,28-26+. The molecule has 9 heteroatoms. The lowest BCUT2D eigenvalue weighted by molar-refractivity contribution is -0.870. The predicted molar refractivity (Wildman–Crippen MR) is 182 cm³/mol. The van der Waals surface area contributed by atoms with Crippen molar-refractivity contribution in [3.05, 3.63) is 36.5 Å². The SMILES string of the molecule is CCCC/C=C\C/C=C\CCCCCCCC(=O)NC(COP(=O)([O-])OCC[N+](C)(C)C)C(O)/C=C/CCCCCCCC. The fraction of sp³-hybridized carbons (Fsp3) is 0.800. The average molecular weight is 643 g/mol. The fourth-order valence-corrected chi connectivity index (χ4v) is 5.18. The Morgan fingerprint density at radius 1 is 0.795 bits per heavy atom. The van der Waals surface area contributed by atoms with E-state index in [4.69, 9.17) is 9.05 Å². The van der Waals surface area contributed by atoms with Crippen LogP contribution in [0.3, 0.4) is 0 Å². The highest BCUT2D eigenvalue weighted by Gasteiger charge is 2.23. The number of amides is 1. The van der Waals surface area contributed by atoms with Gasteiger partial charge in [-0.3, -0.25) is 9.36 Å². The zero-order chi connectivity index (χ0) is 32.9. The van der Waals surface area contributed by atoms with E-state index >= 15 is 0 Å². The van der Waals surface area contributed by atoms with Crippen LogP contribution in [-0.4, -0.2) is 68.5 Å². The first-order valence-corrected chi connectivity index (χ1v) is 18.8. The lowest BCUT2D eigenvalue weighted by Crippen LogP contribution is -2.45. The Morgan fingerprint density at radius 3 is 1.95 bits per heavy atom. The predicted octanol–water partition coefficient (Wildman–Crippen LogP) is 7.77. The first-order chi connectivity index (χ1) is 21.0. The van der Waals surface area contributed by atoms with Crippen molar-refractivity contribution in [2.24, 2.45) is 0 Å². The minimum Gasteiger partial charge on any atom is -0.756 e. The number of likely N-dealkylation sites (N-methyl/N-ethyl adjacent to an activating group) is 1. The molecule has 0 heterocycles. The fourth-order valence-electron chi connectivity index (χ4n) is 4.46. The van der Waals surface area contributed by atoms with Crippen molar-refractivity contribution in [3.63, 3.8) is 0 Å². The van der Waals surface area contributed by atoms with Crippen LogP contribution in [0, 0.1) is 0 Å². The molecule has 258 valence electrons. The zero-order valence-electron chi connectivity index (χ0n) is 28.9. The summed E-state index contributed by atoms with van der Waals surface area (Å²) in [5, 5.41) is 13.6. The molecule has 0 radical (unpaired) electrons. The molecule has 0 aromatic heterocycles. The lowest BCUT2D eigenvalue weighted by atomic mass is 10.1. The molecule has 2 N–H and O–H groups in total. The van der Waals surface area contributed by atoms with E-state index in [9.17, 15) is 19.4 Å². The minimum atomic E-state index is -4.57. The second kappa shape index (κ2) is 28.0. The molecular weight excluding hydrogens is 575 g/mol. The number of unbranched alkanes of at least 4 members (excludes halogenated alkanes) is 13. The molecule has 0 spiro atoms. The van der Waals surface area contributed by atoms with Gasteiger partial charge in [0.1, 0.15) is 13.2 Å². The molecule has 0 fully saturated rings. The van der Waals surface area contributed by atoms with Crippen LogP contribution >= 0.6 is 7.82 Å². The number of carbonyl (C=O) groups excluding carboxylic acids is 1. The number of phosphoric ester groups is 1. The summed E-state index contributed by atoms with van der Waals surface area (Å²) in [6, 6.07) is -0.888. The Morgan fingerprint density at radius 2 is 1.34 bits per heavy atom. The molecule has 0 aromatic carbocycles. The number of rotatable bonds is 30. The van der Waals surface area contributed by atoms with Gasteiger partial charge in [-0.05, 0) is 44.9 Å². The molecule has 0 bridgehead atoms. The van der Waals surface area contributed by atoms with Gasteiger partial charge >= 0.3 is 0 Å². The second-order valence-electron chi connectivity index (χ2n) is 12.9. The summed E-state index contributed by atoms with van der Waals surface area (Å²) in [6.07, 6.45) is 30.5. The highest BCUT2D eigenvalue weighted by atomic mass is 31.2. The Bertz CT molecular complexity index is 825. The largest absolute Gasteiger partial charge is 0.756 e. The van der Waals surface area contributed by atoms with E-state index in [0.29, 0.717) is 17.4 Å². The third-order valence-electron chi connectivity index (χ3n) is 7.34. The first-order valence-electron chi connectivity index (χ1n) is 17.4. The van der Waals surface area contributed by atoms with E-state index in [1.54, 1.807) is 6.08 Å². The number of hydrogen-bond donors (Lipinski definition) is 2. The number of carbonyl (C=O) groups is 1. The third-order valence-corrected chi connectivity index (χ3v) is 8.31. The quantitative estimate of drug-likeness (QED) is 0.0359. The van der Waals surface area contributed by atoms with Crippen LogP contribution in [0.4, 0.5) is 0 Å². The van der Waals surface area contributed by atoms with Crippen LogP contribution < -0.4 is 10.2 Å². The normalized spacial score (nSPS) is 15.3. The van der Waals surface area contributed by atoms with Gasteiger partial charge in [-0.25, -0.2) is 0 Å². The van der Waals surface area contributed by atoms with Crippen molar-refractivity contribution in [1.82, 2.24) is 5.32 Å². The van der Waals surface area contributed by atoms with Gasteiger partial charge in [0.15, 0.2) is 0 Å². The molecule has 3 unspecified atom stereocenters. The van der Waals surface area contributed by atoms with Gasteiger partial charge in [0.25, 0.3) is 7.82 Å². The monoisotopic (exact) mass is 642 g/mol. The Kier molecular flexibility index (Phi) is 27.2. The second-order valence-corrected chi connectivity index (χ2v) is 14.3. The number of quaternary nitrogens is 1. The minimum absolute atomic E-state index is 0.00519. The van der Waals surface area contributed by atoms with Crippen molar-refractivity contribution in [2.45, 2.75) is 142 Å². The topological polar surface area (TPSA) is 108 Å². The molecule has 8 nitrogen and oxygen atoms in total. The Hall–Kier alpha value is -1.28. The summed E-state index contributed by atoms with van der Waals surface area (Å²) in [4.78, 5) is 25.0. The maximum atomic E-state index is 12.7. The van der Waals surface area contributed by atoms with Gasteiger partial charge in [0, 0.05) is 6.42 Å². The van der Waals surface area contributed by atoms with Gasteiger partial charge in [-0.1, -0.05) is 115 Å². The molecule has 0 rings (SSSR count). The van der Waals surface area contributed by atoms with Crippen LogP contribution in [0.25, 0.3) is 0 Å². The summed E-state index contributed by atoms with van der Waals surface area (Å²) >= 11 is 0. The Labute approximate surface area is 270 Å². The maximum Gasteiger partial charge on any atom is 0.268 e. The lowest BCUT2D eigenvalue weighted by Gasteiger charge is -2.29. The molecule has 0 aliphatic rings. The maximum absolute atomic E-state index is 12.7. The number of aliphatic hydroxyl groups is 1. The molecule has 44 heavy (non-hydrogen) atoms. The van der Waals surface area contributed by atoms with Crippen molar-refractivity contribution in [1.29, 1.82) is 0 Å². The van der Waals surface area contributed by atoms with Crippen LogP contribution in [0.2, 0.25) is 0 Å². The molecular formula is C35H67N2O6P. The summed E-state index contributed by atoms with van der Waals surface area (Å²) in [6.45, 7) is 4.51. The molecule has 0 aliphatic carbocycles. The highest BCUT2D eigenvalue weighted by molar-refractivity contribution is 7.45. The number of nitrogens with one attached hydrogen (secondary N) is 1. The van der Waals surface area contributed by atoms with E-state index in [-0.39, 0.29) is 19.1 Å². The summed E-state index contributed by atoms with van der Waals surface area (Å²) < 4.78 is 22.9. The highest BCUT2D eigenvalue weighted by Crippen LogP contribution is 2.38. The van der Waals surface area contributed by atoms with Gasteiger partial charge in [-0.2, -0.15) is 0 Å². The molecule has 0 aliphatic heterocycles. The number of aliphatic hydroxyl groups excluding tert-OH is 1. The summed E-state index contributed by atoms with van der Waals surface area (Å²) in [7, 11) is 1.24. The van der Waals surface area contributed by atoms with Crippen LogP contribution in [0.1, 0.15) is 129 Å². The Balaban J connectivity index is 4.57. The van der Waals surface area contributed by atoms with Crippen molar-refractivity contribution < 1.29 is 32.9 Å². The van der Waals surface area contributed by atoms with Gasteiger partial charge in [0.05, 0.1) is 39.9 Å². The molecule has 1 amide bonds. The van der Waals surface area contributed by atoms with Crippen LogP contribution in [0.15, 0.2) is 36.5 Å². The third kappa shape index (κ3) is 29.4. The number of hydrogen-bond acceptors (Lipinski definition) is 6. The van der Waals surface area contributed by atoms with Crippen LogP contribution in [-0.2, 0) is 18.4 Å². The van der Waals surface area contributed by atoms with Crippen LogP contribution in [0.5, 0.6) is 0 Å². The van der Waals surface area contributed by atoms with Gasteiger partial charge < -0.3 is 28.8 Å². The summed E-state index contributed by atoms with van der Waals surface area (Å²) in [5.41, 5.74) is 0. The number of nitrogens with zero attached hydrogens (tertiary/aromatic N) is 1. The van der Waals surface area contributed by atoms with E-state index in [1.807, 2.05) is 27.2 Å². The molecule has 0 aromatic rings. The number of phosphoric acid groups is 1. The molecule has 0 saturated heterocycles. The van der Waals surface area contributed by atoms with Crippen molar-refractivity contribution >= 4 is 13.7 Å².